The highest BCUT2D eigenvalue weighted by Gasteiger charge is 2.08. The molecule has 2 aromatic heterocycles. The molecule has 3 rings (SSSR count). The van der Waals surface area contributed by atoms with Crippen LogP contribution in [0.3, 0.4) is 0 Å². The molecule has 0 radical (unpaired) electrons. The van der Waals surface area contributed by atoms with Crippen LogP contribution in [0.25, 0.3) is 0 Å². The van der Waals surface area contributed by atoms with E-state index >= 15 is 0 Å². The van der Waals surface area contributed by atoms with E-state index < -0.39 is 0 Å². The van der Waals surface area contributed by atoms with Gasteiger partial charge in [-0.05, 0) is 41.3 Å². The quantitative estimate of drug-likeness (QED) is 0.606. The van der Waals surface area contributed by atoms with Gasteiger partial charge >= 0.3 is 6.03 Å². The summed E-state index contributed by atoms with van der Waals surface area (Å²) < 4.78 is 5.06. The highest BCUT2D eigenvalue weighted by Crippen LogP contribution is 2.17. The third-order valence-corrected chi connectivity index (χ3v) is 4.45. The maximum absolute atomic E-state index is 12.1. The van der Waals surface area contributed by atoms with E-state index in [4.69, 9.17) is 4.74 Å². The van der Waals surface area contributed by atoms with Crippen molar-refractivity contribution < 1.29 is 14.3 Å². The second kappa shape index (κ2) is 8.81. The summed E-state index contributed by atoms with van der Waals surface area (Å²) in [5, 5.41) is 10.2. The molecule has 3 amide bonds. The summed E-state index contributed by atoms with van der Waals surface area (Å²) in [4.78, 5) is 28.9. The number of carbonyl (C=O) groups excluding carboxylic acids is 2. The Morgan fingerprint density at radius 1 is 1.07 bits per heavy atom. The first-order valence-corrected chi connectivity index (χ1v) is 9.01. The summed E-state index contributed by atoms with van der Waals surface area (Å²) in [6.45, 7) is 0.333. The number of nitrogens with one attached hydrogen (secondary N) is 3. The zero-order valence-electron chi connectivity index (χ0n) is 14.6. The molecule has 0 atom stereocenters. The third kappa shape index (κ3) is 5.29. The topological polar surface area (TPSA) is 92.4 Å². The number of pyridine rings is 1. The number of benzene rings is 1. The Bertz CT molecular complexity index is 928. The molecule has 27 heavy (non-hydrogen) atoms. The molecule has 0 saturated carbocycles. The zero-order chi connectivity index (χ0) is 19.1. The standard InChI is InChI=1S/C19H18N4O3S/c1-26-17-10-13(7-8-20-17)12-21-19(25)23-15-5-2-4-14(11-15)22-18(24)16-6-3-9-27-16/h2-11H,12H2,1H3,(H,22,24)(H2,21,23,25). The molecule has 8 heteroatoms. The minimum Gasteiger partial charge on any atom is -0.481 e. The van der Waals surface area contributed by atoms with Crippen LogP contribution in [-0.4, -0.2) is 24.0 Å². The molecular formula is C19H18N4O3S. The first-order valence-electron chi connectivity index (χ1n) is 8.13. The fourth-order valence-electron chi connectivity index (χ4n) is 2.30. The van der Waals surface area contributed by atoms with E-state index in [1.807, 2.05) is 11.4 Å². The molecular weight excluding hydrogens is 364 g/mol. The van der Waals surface area contributed by atoms with Crippen LogP contribution in [0.5, 0.6) is 5.88 Å². The lowest BCUT2D eigenvalue weighted by atomic mass is 10.2. The smallest absolute Gasteiger partial charge is 0.319 e. The van der Waals surface area contributed by atoms with Crippen LogP contribution in [0.15, 0.2) is 60.1 Å². The molecule has 0 aliphatic rings. The average molecular weight is 382 g/mol. The molecule has 7 nitrogen and oxygen atoms in total. The van der Waals surface area contributed by atoms with E-state index in [-0.39, 0.29) is 11.9 Å². The molecule has 0 saturated heterocycles. The maximum Gasteiger partial charge on any atom is 0.319 e. The van der Waals surface area contributed by atoms with Gasteiger partial charge in [0.05, 0.1) is 12.0 Å². The van der Waals surface area contributed by atoms with E-state index in [1.54, 1.807) is 48.7 Å². The number of ether oxygens (including phenoxy) is 1. The number of hydrogen-bond acceptors (Lipinski definition) is 5. The predicted octanol–water partition coefficient (Wildman–Crippen LogP) is 3.73. The number of amides is 3. The molecule has 0 aliphatic heterocycles. The summed E-state index contributed by atoms with van der Waals surface area (Å²) >= 11 is 1.37. The Morgan fingerprint density at radius 3 is 2.63 bits per heavy atom. The first kappa shape index (κ1) is 18.4. The minimum atomic E-state index is -0.354. The van der Waals surface area contributed by atoms with Crippen molar-refractivity contribution >= 4 is 34.6 Å². The van der Waals surface area contributed by atoms with Gasteiger partial charge < -0.3 is 20.7 Å². The number of urea groups is 1. The molecule has 2 heterocycles. The van der Waals surface area contributed by atoms with Crippen molar-refractivity contribution in [3.05, 3.63) is 70.5 Å². The monoisotopic (exact) mass is 382 g/mol. The zero-order valence-corrected chi connectivity index (χ0v) is 15.4. The number of rotatable bonds is 6. The number of aromatic nitrogens is 1. The third-order valence-electron chi connectivity index (χ3n) is 3.58. The van der Waals surface area contributed by atoms with E-state index in [0.717, 1.165) is 5.56 Å². The lowest BCUT2D eigenvalue weighted by molar-refractivity contribution is 0.103. The van der Waals surface area contributed by atoms with E-state index in [2.05, 4.69) is 20.9 Å². The fraction of sp³-hybridized carbons (Fsp3) is 0.105. The lowest BCUT2D eigenvalue weighted by Crippen LogP contribution is -2.28. The van der Waals surface area contributed by atoms with Crippen molar-refractivity contribution in [2.75, 3.05) is 17.7 Å². The van der Waals surface area contributed by atoms with Crippen LogP contribution in [-0.2, 0) is 6.54 Å². The fourth-order valence-corrected chi connectivity index (χ4v) is 2.92. The van der Waals surface area contributed by atoms with Crippen LogP contribution in [0, 0.1) is 0 Å². The lowest BCUT2D eigenvalue weighted by Gasteiger charge is -2.10. The molecule has 1 aromatic carbocycles. The number of carbonyl (C=O) groups is 2. The number of thiophene rings is 1. The van der Waals surface area contributed by atoms with Crippen LogP contribution in [0.1, 0.15) is 15.2 Å². The summed E-state index contributed by atoms with van der Waals surface area (Å²) in [5.41, 5.74) is 2.04. The Kier molecular flexibility index (Phi) is 6.01. The number of hydrogen-bond donors (Lipinski definition) is 3. The second-order valence-corrected chi connectivity index (χ2v) is 6.47. The Hall–Kier alpha value is -3.39. The molecule has 0 unspecified atom stereocenters. The van der Waals surface area contributed by atoms with Crippen LogP contribution < -0.4 is 20.7 Å². The second-order valence-electron chi connectivity index (χ2n) is 5.53. The number of anilines is 2. The molecule has 138 valence electrons. The van der Waals surface area contributed by atoms with Gasteiger partial charge in [-0.1, -0.05) is 12.1 Å². The molecule has 0 fully saturated rings. The van der Waals surface area contributed by atoms with Gasteiger partial charge in [-0.3, -0.25) is 4.79 Å². The summed E-state index contributed by atoms with van der Waals surface area (Å²) in [7, 11) is 1.54. The van der Waals surface area contributed by atoms with Gasteiger partial charge in [-0.15, -0.1) is 11.3 Å². The Labute approximate surface area is 160 Å². The van der Waals surface area contributed by atoms with Crippen molar-refractivity contribution in [1.82, 2.24) is 10.3 Å². The van der Waals surface area contributed by atoms with Crippen molar-refractivity contribution in [2.45, 2.75) is 6.54 Å². The van der Waals surface area contributed by atoms with Gasteiger partial charge in [0.2, 0.25) is 5.88 Å². The van der Waals surface area contributed by atoms with Gasteiger partial charge in [-0.25, -0.2) is 9.78 Å². The summed E-state index contributed by atoms with van der Waals surface area (Å²) in [5.74, 6) is 0.308. The SMILES string of the molecule is COc1cc(CNC(=O)Nc2cccc(NC(=O)c3cccs3)c2)ccn1. The predicted molar refractivity (Wildman–Crippen MR) is 105 cm³/mol. The molecule has 3 aromatic rings. The van der Waals surface area contributed by atoms with Gasteiger partial charge in [0.1, 0.15) is 0 Å². The highest BCUT2D eigenvalue weighted by atomic mass is 32.1. The Balaban J connectivity index is 1.55. The van der Waals surface area contributed by atoms with Gasteiger partial charge in [0.25, 0.3) is 5.91 Å². The minimum absolute atomic E-state index is 0.182. The average Bonchev–Trinajstić information content (AvgIpc) is 3.22. The number of methoxy groups -OCH3 is 1. The van der Waals surface area contributed by atoms with Crippen LogP contribution in [0.4, 0.5) is 16.2 Å². The molecule has 0 spiro atoms. The largest absolute Gasteiger partial charge is 0.481 e. The van der Waals surface area contributed by atoms with Crippen molar-refractivity contribution in [1.29, 1.82) is 0 Å². The normalized spacial score (nSPS) is 10.1. The first-order chi connectivity index (χ1) is 13.1. The van der Waals surface area contributed by atoms with Crippen LogP contribution in [0.2, 0.25) is 0 Å². The summed E-state index contributed by atoms with van der Waals surface area (Å²) in [6, 6.07) is 13.7. The van der Waals surface area contributed by atoms with E-state index in [9.17, 15) is 9.59 Å². The van der Waals surface area contributed by atoms with Gasteiger partial charge in [-0.2, -0.15) is 0 Å². The molecule has 0 bridgehead atoms. The number of nitrogens with zero attached hydrogens (tertiary/aromatic N) is 1. The Morgan fingerprint density at radius 2 is 1.89 bits per heavy atom. The van der Waals surface area contributed by atoms with E-state index in [1.165, 1.54) is 18.4 Å². The molecule has 0 aliphatic carbocycles. The van der Waals surface area contributed by atoms with Gasteiger partial charge in [0.15, 0.2) is 0 Å². The molecule has 3 N–H and O–H groups in total. The maximum atomic E-state index is 12.1. The van der Waals surface area contributed by atoms with Gasteiger partial charge in [0, 0.05) is 30.2 Å². The van der Waals surface area contributed by atoms with Crippen molar-refractivity contribution in [3.63, 3.8) is 0 Å². The van der Waals surface area contributed by atoms with Crippen molar-refractivity contribution in [2.24, 2.45) is 0 Å². The van der Waals surface area contributed by atoms with Crippen molar-refractivity contribution in [3.8, 4) is 5.88 Å². The summed E-state index contributed by atoms with van der Waals surface area (Å²) in [6.07, 6.45) is 1.62. The highest BCUT2D eigenvalue weighted by molar-refractivity contribution is 7.12. The van der Waals surface area contributed by atoms with Crippen LogP contribution >= 0.6 is 11.3 Å². The van der Waals surface area contributed by atoms with E-state index in [0.29, 0.717) is 28.7 Å².